The Bertz CT molecular complexity index is 836. The predicted molar refractivity (Wildman–Crippen MR) is 110 cm³/mol. The zero-order valence-corrected chi connectivity index (χ0v) is 17.9. The molecular formula is C19H20Br2N2O3. The molecule has 0 aliphatic carbocycles. The maximum Gasteiger partial charge on any atom is 0.277 e. The van der Waals surface area contributed by atoms with Gasteiger partial charge in [0.15, 0.2) is 6.61 Å². The summed E-state index contributed by atoms with van der Waals surface area (Å²) in [5, 5.41) is 13.6. The molecule has 26 heavy (non-hydrogen) atoms. The van der Waals surface area contributed by atoms with Gasteiger partial charge in [0.05, 0.1) is 10.7 Å². The Labute approximate surface area is 169 Å². The van der Waals surface area contributed by atoms with Crippen LogP contribution in [0.5, 0.6) is 11.5 Å². The summed E-state index contributed by atoms with van der Waals surface area (Å²) >= 11 is 6.59. The zero-order valence-electron chi connectivity index (χ0n) is 14.7. The normalized spacial score (nSPS) is 11.2. The van der Waals surface area contributed by atoms with Gasteiger partial charge in [-0.2, -0.15) is 5.10 Å². The average molecular weight is 484 g/mol. The maximum atomic E-state index is 12.0. The van der Waals surface area contributed by atoms with Crippen LogP contribution in [0.4, 0.5) is 0 Å². The standard InChI is InChI=1S/C19H20Br2N2O3/c1-11(2)14-5-4-12(3)6-18(14)26-10-19(25)23-22-9-13-7-17(24)16(21)8-15(13)20/h4-9,11,24H,10H2,1-3H3,(H,23,25)/b22-9+. The number of aryl methyl sites for hydroxylation is 1. The first-order chi connectivity index (χ1) is 12.3. The second kappa shape index (κ2) is 9.19. The lowest BCUT2D eigenvalue weighted by Crippen LogP contribution is -2.25. The molecule has 0 aliphatic heterocycles. The molecular weight excluding hydrogens is 464 g/mol. The van der Waals surface area contributed by atoms with Crippen LogP contribution >= 0.6 is 31.9 Å². The van der Waals surface area contributed by atoms with Crippen molar-refractivity contribution in [3.05, 3.63) is 56.0 Å². The first-order valence-corrected chi connectivity index (χ1v) is 9.59. The lowest BCUT2D eigenvalue weighted by atomic mass is 10.0. The van der Waals surface area contributed by atoms with E-state index in [4.69, 9.17) is 4.74 Å². The molecule has 0 fully saturated rings. The van der Waals surface area contributed by atoms with Crippen LogP contribution in [0, 0.1) is 6.92 Å². The van der Waals surface area contributed by atoms with Crippen LogP contribution in [0.15, 0.2) is 44.4 Å². The molecule has 5 nitrogen and oxygen atoms in total. The highest BCUT2D eigenvalue weighted by Gasteiger charge is 2.10. The number of phenolic OH excluding ortho intramolecular Hbond substituents is 1. The SMILES string of the molecule is Cc1ccc(C(C)C)c(OCC(=O)N/N=C/c2cc(O)c(Br)cc2Br)c1. The molecule has 2 rings (SSSR count). The molecule has 2 aromatic rings. The van der Waals surface area contributed by atoms with Crippen molar-refractivity contribution in [1.82, 2.24) is 5.43 Å². The van der Waals surface area contributed by atoms with E-state index in [-0.39, 0.29) is 18.3 Å². The van der Waals surface area contributed by atoms with Crippen molar-refractivity contribution in [2.24, 2.45) is 5.10 Å². The number of nitrogens with one attached hydrogen (secondary N) is 1. The third-order valence-corrected chi connectivity index (χ3v) is 4.93. The fraction of sp³-hybridized carbons (Fsp3) is 0.263. The van der Waals surface area contributed by atoms with E-state index in [0.717, 1.165) is 15.6 Å². The van der Waals surface area contributed by atoms with Gasteiger partial charge < -0.3 is 9.84 Å². The zero-order chi connectivity index (χ0) is 19.3. The number of halogens is 2. The molecule has 0 saturated carbocycles. The molecule has 138 valence electrons. The summed E-state index contributed by atoms with van der Waals surface area (Å²) in [6.07, 6.45) is 1.44. The van der Waals surface area contributed by atoms with Crippen molar-refractivity contribution >= 4 is 44.0 Å². The number of hydrazone groups is 1. The van der Waals surface area contributed by atoms with Crippen molar-refractivity contribution in [2.45, 2.75) is 26.7 Å². The number of hydrogen-bond donors (Lipinski definition) is 2. The fourth-order valence-corrected chi connectivity index (χ4v) is 3.34. The lowest BCUT2D eigenvalue weighted by Gasteiger charge is -2.14. The number of nitrogens with zero attached hydrogens (tertiary/aromatic N) is 1. The summed E-state index contributed by atoms with van der Waals surface area (Å²) < 4.78 is 6.96. The van der Waals surface area contributed by atoms with E-state index in [0.29, 0.717) is 21.7 Å². The van der Waals surface area contributed by atoms with Gasteiger partial charge in [0.25, 0.3) is 5.91 Å². The van der Waals surface area contributed by atoms with Crippen LogP contribution in [0.2, 0.25) is 0 Å². The molecule has 2 N–H and O–H groups in total. The minimum Gasteiger partial charge on any atom is -0.507 e. The van der Waals surface area contributed by atoms with Gasteiger partial charge in [0.1, 0.15) is 11.5 Å². The van der Waals surface area contributed by atoms with E-state index in [1.54, 1.807) is 6.07 Å². The van der Waals surface area contributed by atoms with E-state index in [1.165, 1.54) is 12.3 Å². The van der Waals surface area contributed by atoms with Crippen LogP contribution in [-0.4, -0.2) is 23.8 Å². The van der Waals surface area contributed by atoms with Gasteiger partial charge in [-0.25, -0.2) is 5.43 Å². The molecule has 0 unspecified atom stereocenters. The van der Waals surface area contributed by atoms with Crippen molar-refractivity contribution in [3.8, 4) is 11.5 Å². The largest absolute Gasteiger partial charge is 0.507 e. The first-order valence-electron chi connectivity index (χ1n) is 8.01. The predicted octanol–water partition coefficient (Wildman–Crippen LogP) is 4.88. The Morgan fingerprint density at radius 3 is 2.69 bits per heavy atom. The molecule has 0 spiro atoms. The highest BCUT2D eigenvalue weighted by atomic mass is 79.9. The number of rotatable bonds is 6. The van der Waals surface area contributed by atoms with E-state index in [9.17, 15) is 9.90 Å². The Balaban J connectivity index is 1.96. The summed E-state index contributed by atoms with van der Waals surface area (Å²) in [5.74, 6) is 0.730. The van der Waals surface area contributed by atoms with Gasteiger partial charge in [-0.3, -0.25) is 4.79 Å². The second-order valence-corrected chi connectivity index (χ2v) is 7.81. The van der Waals surface area contributed by atoms with E-state index >= 15 is 0 Å². The number of phenols is 1. The summed E-state index contributed by atoms with van der Waals surface area (Å²) in [6, 6.07) is 9.20. The molecule has 0 atom stereocenters. The number of ether oxygens (including phenoxy) is 1. The summed E-state index contributed by atoms with van der Waals surface area (Å²) in [5.41, 5.74) is 5.18. The van der Waals surface area contributed by atoms with Crippen LogP contribution < -0.4 is 10.2 Å². The average Bonchev–Trinajstić information content (AvgIpc) is 2.57. The first kappa shape index (κ1) is 20.5. The highest BCUT2D eigenvalue weighted by Crippen LogP contribution is 2.30. The molecule has 0 radical (unpaired) electrons. The Morgan fingerprint density at radius 1 is 1.27 bits per heavy atom. The molecule has 0 aliphatic rings. The molecule has 0 saturated heterocycles. The Morgan fingerprint density at radius 2 is 2.00 bits per heavy atom. The molecule has 1 amide bonds. The third kappa shape index (κ3) is 5.57. The lowest BCUT2D eigenvalue weighted by molar-refractivity contribution is -0.123. The van der Waals surface area contributed by atoms with Gasteiger partial charge in [-0.1, -0.05) is 41.9 Å². The topological polar surface area (TPSA) is 70.9 Å². The number of carbonyl (C=O) groups excluding carboxylic acids is 1. The minimum absolute atomic E-state index is 0.0879. The summed E-state index contributed by atoms with van der Waals surface area (Å²) in [7, 11) is 0. The van der Waals surface area contributed by atoms with Crippen molar-refractivity contribution in [2.75, 3.05) is 6.61 Å². The monoisotopic (exact) mass is 482 g/mol. The van der Waals surface area contributed by atoms with E-state index < -0.39 is 0 Å². The quantitative estimate of drug-likeness (QED) is 0.454. The Hall–Kier alpha value is -1.86. The van der Waals surface area contributed by atoms with Crippen molar-refractivity contribution in [1.29, 1.82) is 0 Å². The van der Waals surface area contributed by atoms with Gasteiger partial charge in [0, 0.05) is 10.0 Å². The van der Waals surface area contributed by atoms with E-state index in [2.05, 4.69) is 56.2 Å². The Kier molecular flexibility index (Phi) is 7.23. The molecule has 2 aromatic carbocycles. The summed E-state index contributed by atoms with van der Waals surface area (Å²) in [6.45, 7) is 6.00. The fourth-order valence-electron chi connectivity index (χ4n) is 2.25. The van der Waals surface area contributed by atoms with Crippen LogP contribution in [0.1, 0.15) is 36.5 Å². The van der Waals surface area contributed by atoms with E-state index in [1.807, 2.05) is 25.1 Å². The maximum absolute atomic E-state index is 12.0. The van der Waals surface area contributed by atoms with Gasteiger partial charge >= 0.3 is 0 Å². The van der Waals surface area contributed by atoms with Crippen LogP contribution in [0.25, 0.3) is 0 Å². The number of aromatic hydroxyl groups is 1. The summed E-state index contributed by atoms with van der Waals surface area (Å²) in [4.78, 5) is 12.0. The van der Waals surface area contributed by atoms with Crippen molar-refractivity contribution in [3.63, 3.8) is 0 Å². The molecule has 0 aromatic heterocycles. The smallest absolute Gasteiger partial charge is 0.277 e. The highest BCUT2D eigenvalue weighted by molar-refractivity contribution is 9.11. The minimum atomic E-state index is -0.366. The number of hydrogen-bond acceptors (Lipinski definition) is 4. The van der Waals surface area contributed by atoms with Gasteiger partial charge in [-0.15, -0.1) is 0 Å². The second-order valence-electron chi connectivity index (χ2n) is 6.10. The van der Waals surface area contributed by atoms with Gasteiger partial charge in [-0.05, 0) is 58.1 Å². The molecule has 0 bridgehead atoms. The molecule has 7 heteroatoms. The number of benzene rings is 2. The number of carbonyl (C=O) groups is 1. The van der Waals surface area contributed by atoms with Gasteiger partial charge in [0.2, 0.25) is 0 Å². The number of amides is 1. The third-order valence-electron chi connectivity index (χ3n) is 3.61. The molecule has 0 heterocycles. The van der Waals surface area contributed by atoms with Crippen molar-refractivity contribution < 1.29 is 14.6 Å². The van der Waals surface area contributed by atoms with Crippen LogP contribution in [-0.2, 0) is 4.79 Å². The van der Waals surface area contributed by atoms with Crippen LogP contribution in [0.3, 0.4) is 0 Å².